The van der Waals surface area contributed by atoms with Crippen LogP contribution < -0.4 is 4.74 Å². The molecule has 132 valence electrons. The van der Waals surface area contributed by atoms with Crippen molar-refractivity contribution >= 4 is 15.7 Å². The molecule has 4 rings (SSSR count). The van der Waals surface area contributed by atoms with E-state index in [1.807, 2.05) is 24.3 Å². The van der Waals surface area contributed by atoms with Crippen LogP contribution in [-0.4, -0.2) is 53.7 Å². The lowest BCUT2D eigenvalue weighted by Gasteiger charge is -2.36. The summed E-state index contributed by atoms with van der Waals surface area (Å²) in [6.07, 6.45) is 3.40. The van der Waals surface area contributed by atoms with Gasteiger partial charge >= 0.3 is 0 Å². The average Bonchev–Trinajstić information content (AvgIpc) is 3.19. The second-order valence-corrected chi connectivity index (χ2v) is 8.74. The van der Waals surface area contributed by atoms with Crippen LogP contribution in [0.2, 0.25) is 0 Å². The van der Waals surface area contributed by atoms with Crippen LogP contribution in [0.4, 0.5) is 0 Å². The smallest absolute Gasteiger partial charge is 0.234 e. The molecule has 1 aromatic carbocycles. The number of hydrogen-bond donors (Lipinski definition) is 0. The summed E-state index contributed by atoms with van der Waals surface area (Å²) >= 11 is 0. The molecule has 2 aliphatic heterocycles. The molecule has 2 aromatic rings. The first kappa shape index (κ1) is 16.1. The van der Waals surface area contributed by atoms with Crippen molar-refractivity contribution in [1.29, 1.82) is 0 Å². The van der Waals surface area contributed by atoms with Crippen molar-refractivity contribution in [3.05, 3.63) is 47.8 Å². The minimum absolute atomic E-state index is 0.00920. The molecular formula is C17H19N3O4S. The van der Waals surface area contributed by atoms with Gasteiger partial charge in [0.25, 0.3) is 0 Å². The van der Waals surface area contributed by atoms with E-state index in [0.29, 0.717) is 6.61 Å². The second-order valence-electron chi connectivity index (χ2n) is 6.51. The van der Waals surface area contributed by atoms with Crippen LogP contribution >= 0.6 is 0 Å². The van der Waals surface area contributed by atoms with Gasteiger partial charge in [-0.25, -0.2) is 8.42 Å². The molecule has 1 fully saturated rings. The van der Waals surface area contributed by atoms with Gasteiger partial charge in [-0.05, 0) is 6.07 Å². The number of fused-ring (bicyclic) bond motifs is 1. The minimum atomic E-state index is -3.18. The molecule has 8 heteroatoms. The molecule has 0 bridgehead atoms. The van der Waals surface area contributed by atoms with Crippen molar-refractivity contribution in [1.82, 2.24) is 14.7 Å². The van der Waals surface area contributed by atoms with E-state index >= 15 is 0 Å². The third-order valence-corrected chi connectivity index (χ3v) is 6.45. The summed E-state index contributed by atoms with van der Waals surface area (Å²) in [4.78, 5) is 14.9. The number of hydrogen-bond acceptors (Lipinski definition) is 5. The van der Waals surface area contributed by atoms with Gasteiger partial charge in [0, 0.05) is 30.9 Å². The fourth-order valence-electron chi connectivity index (χ4n) is 3.53. The van der Waals surface area contributed by atoms with E-state index in [-0.39, 0.29) is 24.0 Å². The minimum Gasteiger partial charge on any atom is -0.492 e. The lowest BCUT2D eigenvalue weighted by atomic mass is 9.98. The Labute approximate surface area is 146 Å². The summed E-state index contributed by atoms with van der Waals surface area (Å²) < 4.78 is 31.5. The first-order chi connectivity index (χ1) is 11.9. The van der Waals surface area contributed by atoms with Crippen molar-refractivity contribution in [3.63, 3.8) is 0 Å². The van der Waals surface area contributed by atoms with E-state index in [1.54, 1.807) is 29.0 Å². The average molecular weight is 361 g/mol. The van der Waals surface area contributed by atoms with Gasteiger partial charge in [-0.3, -0.25) is 9.48 Å². The summed E-state index contributed by atoms with van der Waals surface area (Å²) in [5, 5.41) is 4.13. The normalized spacial score (nSPS) is 24.6. The summed E-state index contributed by atoms with van der Waals surface area (Å²) in [5.41, 5.74) is 1.61. The molecule has 2 aliphatic rings. The number of carbonyl (C=O) groups excluding carboxylic acids is 1. The molecule has 0 aliphatic carbocycles. The third-order valence-electron chi connectivity index (χ3n) is 4.82. The number of benzene rings is 1. The Morgan fingerprint density at radius 3 is 2.88 bits per heavy atom. The van der Waals surface area contributed by atoms with E-state index in [9.17, 15) is 13.2 Å². The van der Waals surface area contributed by atoms with Gasteiger partial charge in [0.2, 0.25) is 5.91 Å². The van der Waals surface area contributed by atoms with Crippen LogP contribution in [0.3, 0.4) is 0 Å². The van der Waals surface area contributed by atoms with Gasteiger partial charge in [0.15, 0.2) is 9.84 Å². The molecule has 2 atom stereocenters. The Kier molecular flexibility index (Phi) is 3.79. The van der Waals surface area contributed by atoms with E-state index < -0.39 is 21.8 Å². The lowest BCUT2D eigenvalue weighted by Crippen LogP contribution is -2.48. The number of rotatable bonds is 2. The zero-order valence-corrected chi connectivity index (χ0v) is 14.6. The summed E-state index contributed by atoms with van der Waals surface area (Å²) in [6, 6.07) is 6.99. The Morgan fingerprint density at radius 2 is 2.12 bits per heavy atom. The Bertz CT molecular complexity index is 921. The second kappa shape index (κ2) is 5.87. The fourth-order valence-corrected chi connectivity index (χ4v) is 5.02. The first-order valence-electron chi connectivity index (χ1n) is 8.16. The molecular weight excluding hydrogens is 342 g/mol. The van der Waals surface area contributed by atoms with Crippen molar-refractivity contribution in [3.8, 4) is 5.75 Å². The molecule has 0 N–H and O–H groups in total. The van der Waals surface area contributed by atoms with Crippen LogP contribution in [0, 0.1) is 0 Å². The zero-order chi connectivity index (χ0) is 17.6. The number of ether oxygens (including phenoxy) is 1. The zero-order valence-electron chi connectivity index (χ0n) is 13.8. The van der Waals surface area contributed by atoms with E-state index in [2.05, 4.69) is 5.10 Å². The monoisotopic (exact) mass is 361 g/mol. The number of sulfone groups is 1. The van der Waals surface area contributed by atoms with Gasteiger partial charge in [-0.2, -0.15) is 5.10 Å². The number of carbonyl (C=O) groups is 1. The predicted molar refractivity (Wildman–Crippen MR) is 91.0 cm³/mol. The topological polar surface area (TPSA) is 81.5 Å². The van der Waals surface area contributed by atoms with Crippen LogP contribution in [0.15, 0.2) is 36.7 Å². The highest BCUT2D eigenvalue weighted by Crippen LogP contribution is 2.37. The quantitative estimate of drug-likeness (QED) is 0.794. The Hall–Kier alpha value is -2.35. The predicted octanol–water partition coefficient (Wildman–Crippen LogP) is 0.894. The highest BCUT2D eigenvalue weighted by molar-refractivity contribution is 7.91. The van der Waals surface area contributed by atoms with E-state index in [4.69, 9.17) is 4.74 Å². The molecule has 1 saturated heterocycles. The SMILES string of the molecule is Cn1cc([C@@H]2CS(=O)(=O)CCN2C(=O)[C@H]2COc3ccccc32)cn1. The van der Waals surface area contributed by atoms with Crippen LogP contribution in [0.25, 0.3) is 0 Å². The Balaban J connectivity index is 1.66. The molecule has 0 unspecified atom stereocenters. The van der Waals surface area contributed by atoms with Gasteiger partial charge in [0.05, 0.1) is 23.7 Å². The van der Waals surface area contributed by atoms with Crippen LogP contribution in [-0.2, 0) is 21.7 Å². The molecule has 25 heavy (non-hydrogen) atoms. The van der Waals surface area contributed by atoms with Crippen molar-refractivity contribution in [2.75, 3.05) is 24.7 Å². The van der Waals surface area contributed by atoms with Crippen molar-refractivity contribution in [2.24, 2.45) is 7.05 Å². The molecule has 0 saturated carbocycles. The maximum absolute atomic E-state index is 13.2. The maximum atomic E-state index is 13.2. The fraction of sp³-hybridized carbons (Fsp3) is 0.412. The lowest BCUT2D eigenvalue weighted by molar-refractivity contribution is -0.135. The Morgan fingerprint density at radius 1 is 1.32 bits per heavy atom. The maximum Gasteiger partial charge on any atom is 0.234 e. The summed E-state index contributed by atoms with van der Waals surface area (Å²) in [6.45, 7) is 0.487. The highest BCUT2D eigenvalue weighted by Gasteiger charge is 2.41. The number of amides is 1. The highest BCUT2D eigenvalue weighted by atomic mass is 32.2. The standard InChI is InChI=1S/C17H19N3O4S/c1-19-9-12(8-18-19)15-11-25(22,23)7-6-20(15)17(21)14-10-24-16-5-3-2-4-13(14)16/h2-5,8-9,14-15H,6-7,10-11H2,1H3/t14-,15-/m0/s1. The number of aryl methyl sites for hydroxylation is 1. The van der Waals surface area contributed by atoms with Crippen LogP contribution in [0.5, 0.6) is 5.75 Å². The van der Waals surface area contributed by atoms with Gasteiger partial charge in [0.1, 0.15) is 18.3 Å². The number of nitrogens with zero attached hydrogens (tertiary/aromatic N) is 3. The largest absolute Gasteiger partial charge is 0.492 e. The number of aromatic nitrogens is 2. The summed E-state index contributed by atoms with van der Waals surface area (Å²) in [7, 11) is -1.41. The van der Waals surface area contributed by atoms with E-state index in [1.165, 1.54) is 0 Å². The van der Waals surface area contributed by atoms with Gasteiger partial charge < -0.3 is 9.64 Å². The molecule has 0 spiro atoms. The van der Waals surface area contributed by atoms with Crippen molar-refractivity contribution < 1.29 is 17.9 Å². The first-order valence-corrected chi connectivity index (χ1v) is 9.98. The third kappa shape index (κ3) is 2.90. The van der Waals surface area contributed by atoms with E-state index in [0.717, 1.165) is 16.9 Å². The van der Waals surface area contributed by atoms with Crippen LogP contribution in [0.1, 0.15) is 23.1 Å². The molecule has 1 aromatic heterocycles. The molecule has 0 radical (unpaired) electrons. The van der Waals surface area contributed by atoms with Crippen molar-refractivity contribution in [2.45, 2.75) is 12.0 Å². The molecule has 7 nitrogen and oxygen atoms in total. The van der Waals surface area contributed by atoms with Gasteiger partial charge in [-0.1, -0.05) is 18.2 Å². The summed E-state index contributed by atoms with van der Waals surface area (Å²) in [5.74, 6) is 0.165. The molecule has 1 amide bonds. The van der Waals surface area contributed by atoms with Gasteiger partial charge in [-0.15, -0.1) is 0 Å². The molecule has 3 heterocycles. The number of para-hydroxylation sites is 1.